The van der Waals surface area contributed by atoms with Crippen LogP contribution < -0.4 is 10.6 Å². The van der Waals surface area contributed by atoms with Crippen LogP contribution in [0.3, 0.4) is 0 Å². The Bertz CT molecular complexity index is 900. The molecule has 0 amide bonds. The highest BCUT2D eigenvalue weighted by atomic mass is 16.5. The van der Waals surface area contributed by atoms with E-state index in [9.17, 15) is 0 Å². The van der Waals surface area contributed by atoms with E-state index in [0.717, 1.165) is 57.4 Å². The summed E-state index contributed by atoms with van der Waals surface area (Å²) in [5.74, 6) is 2.33. The van der Waals surface area contributed by atoms with E-state index < -0.39 is 0 Å². The van der Waals surface area contributed by atoms with Crippen molar-refractivity contribution in [3.8, 4) is 0 Å². The second-order valence-corrected chi connectivity index (χ2v) is 7.50. The molecule has 1 fully saturated rings. The summed E-state index contributed by atoms with van der Waals surface area (Å²) in [7, 11) is 0. The molecule has 3 aromatic rings. The van der Waals surface area contributed by atoms with E-state index in [-0.39, 0.29) is 0 Å². The van der Waals surface area contributed by atoms with Crippen molar-refractivity contribution in [3.63, 3.8) is 0 Å². The lowest BCUT2D eigenvalue weighted by atomic mass is 10.1. The number of ether oxygens (including phenoxy) is 1. The predicted octanol–water partition coefficient (Wildman–Crippen LogP) is 2.84. The van der Waals surface area contributed by atoms with Crippen molar-refractivity contribution in [1.82, 2.24) is 20.4 Å². The van der Waals surface area contributed by atoms with Gasteiger partial charge in [-0.15, -0.1) is 0 Å². The van der Waals surface area contributed by atoms with Gasteiger partial charge in [0.05, 0.1) is 26.0 Å². The lowest BCUT2D eigenvalue weighted by molar-refractivity contribution is 0.186. The maximum absolute atomic E-state index is 5.49. The Hall–Kier alpha value is -3.06. The van der Waals surface area contributed by atoms with Crippen LogP contribution in [0, 0.1) is 5.92 Å². The number of hydrogen-bond donors (Lipinski definition) is 2. The quantitative estimate of drug-likeness (QED) is 0.421. The first-order chi connectivity index (χ1) is 14.9. The van der Waals surface area contributed by atoms with Gasteiger partial charge in [0.15, 0.2) is 5.96 Å². The van der Waals surface area contributed by atoms with E-state index in [4.69, 9.17) is 14.1 Å². The predicted molar refractivity (Wildman–Crippen MR) is 116 cm³/mol. The number of aliphatic imine (C=N–C) groups is 1. The first-order valence-corrected chi connectivity index (χ1v) is 10.5. The smallest absolute Gasteiger partial charge is 0.191 e. The van der Waals surface area contributed by atoms with Crippen molar-refractivity contribution in [2.75, 3.05) is 26.3 Å². The number of hydrogen-bond acceptors (Lipinski definition) is 4. The summed E-state index contributed by atoms with van der Waals surface area (Å²) >= 11 is 0. The Labute approximate surface area is 177 Å². The SMILES string of the molecule is c1coc(CCNC(=NCc2ccccc2Cn2cccn2)NCC2CCOC2)c1. The van der Waals surface area contributed by atoms with Gasteiger partial charge in [0.25, 0.3) is 0 Å². The highest BCUT2D eigenvalue weighted by molar-refractivity contribution is 5.79. The summed E-state index contributed by atoms with van der Waals surface area (Å²) in [4.78, 5) is 4.86. The molecule has 1 aromatic carbocycles. The molecular formula is C23H29N5O2. The van der Waals surface area contributed by atoms with Crippen LogP contribution in [-0.4, -0.2) is 42.0 Å². The van der Waals surface area contributed by atoms with Crippen molar-refractivity contribution in [1.29, 1.82) is 0 Å². The van der Waals surface area contributed by atoms with Crippen LogP contribution >= 0.6 is 0 Å². The van der Waals surface area contributed by atoms with Gasteiger partial charge in [-0.25, -0.2) is 4.99 Å². The van der Waals surface area contributed by atoms with Gasteiger partial charge in [0.2, 0.25) is 0 Å². The molecule has 0 aliphatic carbocycles. The van der Waals surface area contributed by atoms with E-state index in [1.54, 1.807) is 12.5 Å². The lowest BCUT2D eigenvalue weighted by Crippen LogP contribution is -2.41. The first kappa shape index (κ1) is 20.2. The third kappa shape index (κ3) is 5.97. The fraction of sp³-hybridized carbons (Fsp3) is 0.391. The highest BCUT2D eigenvalue weighted by Crippen LogP contribution is 2.13. The molecule has 1 aliphatic rings. The molecule has 7 nitrogen and oxygen atoms in total. The molecule has 3 heterocycles. The molecule has 1 unspecified atom stereocenters. The fourth-order valence-electron chi connectivity index (χ4n) is 3.52. The zero-order valence-corrected chi connectivity index (χ0v) is 17.2. The van der Waals surface area contributed by atoms with Crippen molar-refractivity contribution < 1.29 is 9.15 Å². The van der Waals surface area contributed by atoms with Crippen molar-refractivity contribution in [2.45, 2.75) is 25.9 Å². The van der Waals surface area contributed by atoms with Crippen LogP contribution in [0.25, 0.3) is 0 Å². The third-order valence-corrected chi connectivity index (χ3v) is 5.24. The van der Waals surface area contributed by atoms with Crippen molar-refractivity contribution >= 4 is 5.96 Å². The van der Waals surface area contributed by atoms with E-state index in [1.807, 2.05) is 29.1 Å². The van der Waals surface area contributed by atoms with Crippen LogP contribution in [0.4, 0.5) is 0 Å². The van der Waals surface area contributed by atoms with Gasteiger partial charge in [-0.1, -0.05) is 24.3 Å². The normalized spacial score (nSPS) is 16.7. The largest absolute Gasteiger partial charge is 0.469 e. The minimum Gasteiger partial charge on any atom is -0.469 e. The summed E-state index contributed by atoms with van der Waals surface area (Å²) in [5, 5.41) is 11.2. The average Bonchev–Trinajstić information content (AvgIpc) is 3.55. The van der Waals surface area contributed by atoms with Gasteiger partial charge in [0.1, 0.15) is 5.76 Å². The Balaban J connectivity index is 1.39. The summed E-state index contributed by atoms with van der Waals surface area (Å²) in [5.41, 5.74) is 2.42. The molecule has 2 aromatic heterocycles. The minimum absolute atomic E-state index is 0.536. The number of aromatic nitrogens is 2. The zero-order chi connectivity index (χ0) is 20.4. The monoisotopic (exact) mass is 407 g/mol. The van der Waals surface area contributed by atoms with Gasteiger partial charge in [0, 0.05) is 44.4 Å². The van der Waals surface area contributed by atoms with Crippen LogP contribution in [0.5, 0.6) is 0 Å². The van der Waals surface area contributed by atoms with E-state index in [1.165, 1.54) is 11.1 Å². The number of nitrogens with zero attached hydrogens (tertiary/aromatic N) is 3. The molecule has 0 saturated carbocycles. The Morgan fingerprint density at radius 2 is 2.07 bits per heavy atom. The van der Waals surface area contributed by atoms with Crippen LogP contribution in [-0.2, 0) is 24.2 Å². The molecule has 2 N–H and O–H groups in total. The van der Waals surface area contributed by atoms with Gasteiger partial charge in [-0.05, 0) is 35.7 Å². The molecule has 0 spiro atoms. The summed E-state index contributed by atoms with van der Waals surface area (Å²) in [6.07, 6.45) is 7.40. The summed E-state index contributed by atoms with van der Waals surface area (Å²) in [6.45, 7) is 4.64. The number of rotatable bonds is 9. The standard InChI is InChI=1S/C23H29N5O2/c1-2-6-21(17-28-12-4-10-27-28)20(5-1)16-26-23(25-15-19-9-14-29-18-19)24-11-8-22-7-3-13-30-22/h1-7,10,12-13,19H,8-9,11,14-18H2,(H2,24,25,26). The second kappa shape index (κ2) is 10.6. The molecule has 0 bridgehead atoms. The Morgan fingerprint density at radius 1 is 1.13 bits per heavy atom. The van der Waals surface area contributed by atoms with Gasteiger partial charge < -0.3 is 19.8 Å². The maximum Gasteiger partial charge on any atom is 0.191 e. The third-order valence-electron chi connectivity index (χ3n) is 5.24. The summed E-state index contributed by atoms with van der Waals surface area (Å²) in [6, 6.07) is 14.2. The van der Waals surface area contributed by atoms with Gasteiger partial charge in [-0.2, -0.15) is 5.10 Å². The van der Waals surface area contributed by atoms with Gasteiger partial charge >= 0.3 is 0 Å². The Kier molecular flexibility index (Phi) is 7.17. The Morgan fingerprint density at radius 3 is 2.83 bits per heavy atom. The fourth-order valence-corrected chi connectivity index (χ4v) is 3.52. The maximum atomic E-state index is 5.49. The molecule has 30 heavy (non-hydrogen) atoms. The molecule has 0 radical (unpaired) electrons. The highest BCUT2D eigenvalue weighted by Gasteiger charge is 2.16. The van der Waals surface area contributed by atoms with E-state index in [0.29, 0.717) is 12.5 Å². The number of benzene rings is 1. The van der Waals surface area contributed by atoms with Crippen LogP contribution in [0.1, 0.15) is 23.3 Å². The van der Waals surface area contributed by atoms with Crippen molar-refractivity contribution in [2.24, 2.45) is 10.9 Å². The first-order valence-electron chi connectivity index (χ1n) is 10.5. The lowest BCUT2D eigenvalue weighted by Gasteiger charge is -2.15. The average molecular weight is 408 g/mol. The summed E-state index contributed by atoms with van der Waals surface area (Å²) < 4.78 is 12.9. The van der Waals surface area contributed by atoms with E-state index >= 15 is 0 Å². The molecule has 4 rings (SSSR count). The number of guanidine groups is 1. The van der Waals surface area contributed by atoms with Crippen LogP contribution in [0.15, 0.2) is 70.5 Å². The molecule has 1 aliphatic heterocycles. The van der Waals surface area contributed by atoms with Gasteiger partial charge in [-0.3, -0.25) is 4.68 Å². The van der Waals surface area contributed by atoms with Crippen molar-refractivity contribution in [3.05, 3.63) is 78.0 Å². The van der Waals surface area contributed by atoms with Crippen LogP contribution in [0.2, 0.25) is 0 Å². The molecule has 1 atom stereocenters. The minimum atomic E-state index is 0.536. The zero-order valence-electron chi connectivity index (χ0n) is 17.2. The van der Waals surface area contributed by atoms with E-state index in [2.05, 4.69) is 40.0 Å². The molecule has 7 heteroatoms. The number of furan rings is 1. The number of nitrogens with one attached hydrogen (secondary N) is 2. The second-order valence-electron chi connectivity index (χ2n) is 7.50. The molecular weight excluding hydrogens is 378 g/mol. The topological polar surface area (TPSA) is 76.6 Å². The molecule has 158 valence electrons. The molecule has 1 saturated heterocycles.